The number of methoxy groups -OCH3 is 1. The lowest BCUT2D eigenvalue weighted by molar-refractivity contribution is -0.132. The van der Waals surface area contributed by atoms with E-state index in [9.17, 15) is 14.7 Å². The summed E-state index contributed by atoms with van der Waals surface area (Å²) in [5, 5.41) is 20.7. The Morgan fingerprint density at radius 1 is 1.03 bits per heavy atom. The van der Waals surface area contributed by atoms with Crippen molar-refractivity contribution in [1.29, 1.82) is 5.26 Å². The van der Waals surface area contributed by atoms with Gasteiger partial charge in [-0.15, -0.1) is 0 Å². The van der Waals surface area contributed by atoms with E-state index in [1.807, 2.05) is 6.07 Å². The van der Waals surface area contributed by atoms with Crippen LogP contribution in [-0.2, 0) is 9.59 Å². The Balaban J connectivity index is 1.95. The third-order valence-corrected chi connectivity index (χ3v) is 6.06. The van der Waals surface area contributed by atoms with Crippen molar-refractivity contribution in [1.82, 2.24) is 0 Å². The van der Waals surface area contributed by atoms with Gasteiger partial charge < -0.3 is 9.84 Å². The van der Waals surface area contributed by atoms with E-state index >= 15 is 0 Å². The Labute approximate surface area is 199 Å². The average molecular weight is 479 g/mol. The Kier molecular flexibility index (Phi) is 6.10. The Morgan fingerprint density at radius 2 is 1.76 bits per heavy atom. The maximum Gasteiger partial charge on any atom is 0.300 e. The number of aliphatic hydroxyl groups is 1. The Hall–Kier alpha value is -3.79. The molecule has 1 heterocycles. The van der Waals surface area contributed by atoms with Crippen LogP contribution in [0.2, 0.25) is 10.0 Å². The molecule has 0 saturated carbocycles. The lowest BCUT2D eigenvalue weighted by Gasteiger charge is -2.25. The normalized spacial score (nSPS) is 17.2. The fraction of sp³-hybridized carbons (Fsp3) is 0.0800. The number of nitriles is 1. The van der Waals surface area contributed by atoms with Crippen molar-refractivity contribution in [2.75, 3.05) is 12.0 Å². The summed E-state index contributed by atoms with van der Waals surface area (Å²) in [6.45, 7) is 0. The fourth-order valence-electron chi connectivity index (χ4n) is 3.72. The quantitative estimate of drug-likeness (QED) is 0.303. The molecule has 1 amide bonds. The number of ether oxygens (including phenoxy) is 1. The Bertz CT molecular complexity index is 1340. The van der Waals surface area contributed by atoms with Crippen LogP contribution < -0.4 is 9.64 Å². The smallest absolute Gasteiger partial charge is 0.300 e. The standard InChI is InChI=1S/C25H16Cl2N2O4/c1-33-18-4-2-3-15(11-18)22-21(23(30)16-7-10-19(26)20(27)12-16)24(31)25(32)29(22)17-8-5-14(13-28)6-9-17/h2-12,22,30H,1H3/b23-21-. The number of benzene rings is 3. The van der Waals surface area contributed by atoms with Crippen molar-refractivity contribution in [3.05, 3.63) is 99.0 Å². The minimum Gasteiger partial charge on any atom is -0.507 e. The number of anilines is 1. The van der Waals surface area contributed by atoms with Gasteiger partial charge in [-0.25, -0.2) is 0 Å². The van der Waals surface area contributed by atoms with Crippen LogP contribution in [0.3, 0.4) is 0 Å². The lowest BCUT2D eigenvalue weighted by Crippen LogP contribution is -2.29. The minimum atomic E-state index is -0.942. The summed E-state index contributed by atoms with van der Waals surface area (Å²) in [6, 6.07) is 18.7. The first-order valence-corrected chi connectivity index (χ1v) is 10.5. The first-order chi connectivity index (χ1) is 15.8. The molecule has 6 nitrogen and oxygen atoms in total. The average Bonchev–Trinajstić information content (AvgIpc) is 3.11. The monoisotopic (exact) mass is 478 g/mol. The molecular formula is C25H16Cl2N2O4. The molecule has 0 aromatic heterocycles. The maximum absolute atomic E-state index is 13.2. The summed E-state index contributed by atoms with van der Waals surface area (Å²) in [5.41, 5.74) is 1.51. The molecule has 0 spiro atoms. The van der Waals surface area contributed by atoms with Crippen molar-refractivity contribution in [2.24, 2.45) is 0 Å². The van der Waals surface area contributed by atoms with Crippen LogP contribution in [0.25, 0.3) is 5.76 Å². The molecule has 3 aromatic carbocycles. The van der Waals surface area contributed by atoms with Crippen molar-refractivity contribution in [3.63, 3.8) is 0 Å². The van der Waals surface area contributed by atoms with Crippen molar-refractivity contribution in [2.45, 2.75) is 6.04 Å². The van der Waals surface area contributed by atoms with E-state index in [1.54, 1.807) is 48.5 Å². The number of hydrogen-bond donors (Lipinski definition) is 1. The minimum absolute atomic E-state index is 0.101. The van der Waals surface area contributed by atoms with E-state index in [0.29, 0.717) is 22.6 Å². The molecule has 0 aliphatic carbocycles. The van der Waals surface area contributed by atoms with Gasteiger partial charge in [-0.3, -0.25) is 14.5 Å². The predicted molar refractivity (Wildman–Crippen MR) is 125 cm³/mol. The zero-order chi connectivity index (χ0) is 23.7. The molecule has 1 unspecified atom stereocenters. The highest BCUT2D eigenvalue weighted by atomic mass is 35.5. The summed E-state index contributed by atoms with van der Waals surface area (Å²) in [4.78, 5) is 27.6. The molecule has 164 valence electrons. The van der Waals surface area contributed by atoms with Crippen LogP contribution in [0.1, 0.15) is 22.7 Å². The van der Waals surface area contributed by atoms with E-state index in [4.69, 9.17) is 33.2 Å². The van der Waals surface area contributed by atoms with Crippen LogP contribution >= 0.6 is 23.2 Å². The van der Waals surface area contributed by atoms with E-state index in [-0.39, 0.29) is 26.9 Å². The van der Waals surface area contributed by atoms with E-state index < -0.39 is 17.7 Å². The first kappa shape index (κ1) is 22.4. The first-order valence-electron chi connectivity index (χ1n) is 9.76. The molecule has 8 heteroatoms. The van der Waals surface area contributed by atoms with Crippen LogP contribution in [0.15, 0.2) is 72.3 Å². The summed E-state index contributed by atoms with van der Waals surface area (Å²) in [6.07, 6.45) is 0. The molecular weight excluding hydrogens is 463 g/mol. The summed E-state index contributed by atoms with van der Waals surface area (Å²) >= 11 is 12.1. The number of ketones is 1. The number of halogens is 2. The van der Waals surface area contributed by atoms with Crippen LogP contribution in [0, 0.1) is 11.3 Å². The van der Waals surface area contributed by atoms with Gasteiger partial charge in [0.2, 0.25) is 0 Å². The molecule has 1 aliphatic rings. The summed E-state index contributed by atoms with van der Waals surface area (Å²) in [7, 11) is 1.51. The highest BCUT2D eigenvalue weighted by Gasteiger charge is 2.47. The zero-order valence-corrected chi connectivity index (χ0v) is 18.8. The van der Waals surface area contributed by atoms with Gasteiger partial charge in [0.1, 0.15) is 11.5 Å². The second-order valence-corrected chi connectivity index (χ2v) is 8.05. The highest BCUT2D eigenvalue weighted by molar-refractivity contribution is 6.51. The topological polar surface area (TPSA) is 90.6 Å². The van der Waals surface area contributed by atoms with E-state index in [1.165, 1.54) is 30.2 Å². The number of Topliss-reactive ketones (excluding diaryl/α,β-unsaturated/α-hetero) is 1. The van der Waals surface area contributed by atoms with Crippen molar-refractivity contribution in [3.8, 4) is 11.8 Å². The second-order valence-electron chi connectivity index (χ2n) is 7.23. The number of aliphatic hydroxyl groups excluding tert-OH is 1. The highest BCUT2D eigenvalue weighted by Crippen LogP contribution is 2.43. The summed E-state index contributed by atoms with van der Waals surface area (Å²) in [5.74, 6) is -1.52. The number of amides is 1. The molecule has 3 aromatic rings. The second kappa shape index (κ2) is 8.99. The summed E-state index contributed by atoms with van der Waals surface area (Å²) < 4.78 is 5.31. The van der Waals surface area contributed by atoms with Gasteiger partial charge in [0.05, 0.1) is 40.4 Å². The van der Waals surface area contributed by atoms with Crippen molar-refractivity contribution < 1.29 is 19.4 Å². The van der Waals surface area contributed by atoms with Gasteiger partial charge >= 0.3 is 0 Å². The fourth-order valence-corrected chi connectivity index (χ4v) is 4.02. The molecule has 1 fully saturated rings. The van der Waals surface area contributed by atoms with E-state index in [2.05, 4.69) is 0 Å². The third kappa shape index (κ3) is 4.05. The van der Waals surface area contributed by atoms with Gasteiger partial charge in [0.25, 0.3) is 11.7 Å². The lowest BCUT2D eigenvalue weighted by atomic mass is 9.95. The van der Waals surface area contributed by atoms with Crippen LogP contribution in [0.5, 0.6) is 5.75 Å². The SMILES string of the molecule is COc1cccc(C2/C(=C(/O)c3ccc(Cl)c(Cl)c3)C(=O)C(=O)N2c2ccc(C#N)cc2)c1. The van der Waals surface area contributed by atoms with Gasteiger partial charge in [0, 0.05) is 11.3 Å². The maximum atomic E-state index is 13.2. The molecule has 1 saturated heterocycles. The van der Waals surface area contributed by atoms with Crippen LogP contribution in [-0.4, -0.2) is 23.9 Å². The zero-order valence-electron chi connectivity index (χ0n) is 17.3. The number of carbonyl (C=O) groups is 2. The molecule has 0 bridgehead atoms. The van der Waals surface area contributed by atoms with Gasteiger partial charge in [-0.05, 0) is 60.2 Å². The largest absolute Gasteiger partial charge is 0.507 e. The number of nitrogens with zero attached hydrogens (tertiary/aromatic N) is 2. The van der Waals surface area contributed by atoms with Gasteiger partial charge in [-0.1, -0.05) is 35.3 Å². The number of rotatable bonds is 4. The van der Waals surface area contributed by atoms with E-state index in [0.717, 1.165) is 0 Å². The van der Waals surface area contributed by atoms with Crippen LogP contribution in [0.4, 0.5) is 5.69 Å². The molecule has 0 radical (unpaired) electrons. The van der Waals surface area contributed by atoms with Gasteiger partial charge in [-0.2, -0.15) is 5.26 Å². The molecule has 33 heavy (non-hydrogen) atoms. The molecule has 1 atom stereocenters. The molecule has 1 aliphatic heterocycles. The predicted octanol–water partition coefficient (Wildman–Crippen LogP) is 5.50. The molecule has 4 rings (SSSR count). The third-order valence-electron chi connectivity index (χ3n) is 5.32. The molecule has 1 N–H and O–H groups in total. The number of carbonyl (C=O) groups excluding carboxylic acids is 2. The Morgan fingerprint density at radius 3 is 2.39 bits per heavy atom. The van der Waals surface area contributed by atoms with Crippen molar-refractivity contribution >= 4 is 46.3 Å². The number of hydrogen-bond acceptors (Lipinski definition) is 5. The van der Waals surface area contributed by atoms with Gasteiger partial charge in [0.15, 0.2) is 0 Å².